The van der Waals surface area contributed by atoms with E-state index in [1.54, 1.807) is 0 Å². The predicted molar refractivity (Wildman–Crippen MR) is 215 cm³/mol. The Morgan fingerprint density at radius 3 is 1.37 bits per heavy atom. The minimum atomic E-state index is -4.37. The normalized spacial score (nSPS) is 13.4. The lowest BCUT2D eigenvalue weighted by atomic mass is 10.0. The van der Waals surface area contributed by atoms with Gasteiger partial charge in [0.25, 0.3) is 0 Å². The Labute approximate surface area is 319 Å². The third-order valence-corrected chi connectivity index (χ3v) is 10.4. The summed E-state index contributed by atoms with van der Waals surface area (Å²) in [5.41, 5.74) is 5.34. The van der Waals surface area contributed by atoms with E-state index < -0.39 is 26.5 Å². The van der Waals surface area contributed by atoms with Crippen molar-refractivity contribution in [3.8, 4) is 0 Å². The average molecular weight is 760 g/mol. The van der Waals surface area contributed by atoms with Crippen LogP contribution in [0.5, 0.6) is 0 Å². The molecule has 0 aromatic heterocycles. The SMILES string of the molecule is CCCCCCC/C=C/CCCCCCCC(=O)O[C@H](COC(=O)CCCCCCCCCCCCCCCCCCC)COP(=O)(O)OCCN. The molecule has 9 nitrogen and oxygen atoms in total. The number of unbranched alkanes of at least 4 members (excludes halogenated alkanes) is 26. The molecular formula is C42H82NO8P. The Kier molecular flexibility index (Phi) is 38.5. The van der Waals surface area contributed by atoms with Gasteiger partial charge in [0, 0.05) is 19.4 Å². The maximum absolute atomic E-state index is 12.6. The summed E-state index contributed by atoms with van der Waals surface area (Å²) in [6, 6.07) is 0. The Morgan fingerprint density at radius 1 is 0.558 bits per heavy atom. The largest absolute Gasteiger partial charge is 0.472 e. The molecule has 52 heavy (non-hydrogen) atoms. The van der Waals surface area contributed by atoms with Crippen molar-refractivity contribution in [2.45, 2.75) is 219 Å². The van der Waals surface area contributed by atoms with E-state index in [0.29, 0.717) is 6.42 Å². The van der Waals surface area contributed by atoms with E-state index in [1.165, 1.54) is 128 Å². The molecule has 3 N–H and O–H groups in total. The predicted octanol–water partition coefficient (Wildman–Crippen LogP) is 12.2. The van der Waals surface area contributed by atoms with Crippen molar-refractivity contribution >= 4 is 19.8 Å². The molecule has 0 aliphatic rings. The van der Waals surface area contributed by atoms with E-state index >= 15 is 0 Å². The second-order valence-corrected chi connectivity index (χ2v) is 16.0. The molecule has 2 atom stereocenters. The van der Waals surface area contributed by atoms with Crippen molar-refractivity contribution in [1.82, 2.24) is 0 Å². The minimum Gasteiger partial charge on any atom is -0.462 e. The number of carbonyl (C=O) groups excluding carboxylic acids is 2. The van der Waals surface area contributed by atoms with Crippen LogP contribution in [0.3, 0.4) is 0 Å². The fourth-order valence-electron chi connectivity index (χ4n) is 6.16. The van der Waals surface area contributed by atoms with Gasteiger partial charge >= 0.3 is 19.8 Å². The number of phosphoric ester groups is 1. The van der Waals surface area contributed by atoms with Crippen LogP contribution in [0.1, 0.15) is 213 Å². The van der Waals surface area contributed by atoms with E-state index in [2.05, 4.69) is 26.0 Å². The number of phosphoric acid groups is 1. The van der Waals surface area contributed by atoms with Crippen LogP contribution in [-0.4, -0.2) is 49.3 Å². The molecule has 0 rings (SSSR count). The third-order valence-electron chi connectivity index (χ3n) is 9.40. The van der Waals surface area contributed by atoms with E-state index in [4.69, 9.17) is 24.3 Å². The number of hydrogen-bond acceptors (Lipinski definition) is 8. The molecule has 308 valence electrons. The van der Waals surface area contributed by atoms with Crippen LogP contribution in [0.2, 0.25) is 0 Å². The number of esters is 2. The molecule has 0 saturated carbocycles. The molecule has 0 fully saturated rings. The maximum Gasteiger partial charge on any atom is 0.472 e. The standard InChI is InChI=1S/C42H82NO8P/c1-3-5-7-9-11-13-15-17-19-20-21-23-24-26-28-30-32-34-41(44)48-38-40(39-50-52(46,47)49-37-36-43)51-42(45)35-33-31-29-27-25-22-18-16-14-12-10-8-6-4-2/h16,18,40H,3-15,17,19-39,43H2,1-2H3,(H,46,47)/b18-16+/t40-/m1/s1. The van der Waals surface area contributed by atoms with E-state index in [1.807, 2.05) is 0 Å². The van der Waals surface area contributed by atoms with Crippen LogP contribution in [0.4, 0.5) is 0 Å². The molecule has 0 aromatic carbocycles. The molecule has 0 spiro atoms. The topological polar surface area (TPSA) is 134 Å². The number of nitrogens with two attached hydrogens (primary N) is 1. The fraction of sp³-hybridized carbons (Fsp3) is 0.905. The molecule has 0 bridgehead atoms. The quantitative estimate of drug-likeness (QED) is 0.0270. The Hall–Kier alpha value is -1.25. The number of hydrogen-bond donors (Lipinski definition) is 2. The van der Waals surface area contributed by atoms with Crippen LogP contribution >= 0.6 is 7.82 Å². The molecule has 1 unspecified atom stereocenters. The van der Waals surface area contributed by atoms with Gasteiger partial charge in [-0.05, 0) is 38.5 Å². The zero-order valence-electron chi connectivity index (χ0n) is 33.8. The molecule has 0 heterocycles. The first-order valence-electron chi connectivity index (χ1n) is 21.7. The van der Waals surface area contributed by atoms with Crippen LogP contribution in [-0.2, 0) is 32.7 Å². The number of allylic oxidation sites excluding steroid dienone is 2. The summed E-state index contributed by atoms with van der Waals surface area (Å²) in [6.45, 7) is 3.74. The lowest BCUT2D eigenvalue weighted by Crippen LogP contribution is -2.29. The first-order chi connectivity index (χ1) is 25.3. The molecule has 0 amide bonds. The summed E-state index contributed by atoms with van der Waals surface area (Å²) >= 11 is 0. The van der Waals surface area contributed by atoms with Crippen molar-refractivity contribution < 1.29 is 37.6 Å². The third kappa shape index (κ3) is 38.5. The molecule has 0 saturated heterocycles. The first-order valence-corrected chi connectivity index (χ1v) is 23.2. The summed E-state index contributed by atoms with van der Waals surface area (Å²) in [4.78, 5) is 34.8. The molecule has 0 aromatic rings. The van der Waals surface area contributed by atoms with Crippen molar-refractivity contribution in [2.24, 2.45) is 5.73 Å². The van der Waals surface area contributed by atoms with Gasteiger partial charge < -0.3 is 20.1 Å². The molecule has 0 radical (unpaired) electrons. The lowest BCUT2D eigenvalue weighted by Gasteiger charge is -2.19. The van der Waals surface area contributed by atoms with Crippen LogP contribution in [0, 0.1) is 0 Å². The Morgan fingerprint density at radius 2 is 0.942 bits per heavy atom. The lowest BCUT2D eigenvalue weighted by molar-refractivity contribution is -0.161. The average Bonchev–Trinajstić information content (AvgIpc) is 3.13. The summed E-state index contributed by atoms with van der Waals surface area (Å²) in [7, 11) is -4.37. The van der Waals surface area contributed by atoms with Gasteiger partial charge in [0.05, 0.1) is 13.2 Å². The molecule has 10 heteroatoms. The highest BCUT2D eigenvalue weighted by atomic mass is 31.2. The van der Waals surface area contributed by atoms with Gasteiger partial charge in [-0.25, -0.2) is 4.57 Å². The van der Waals surface area contributed by atoms with E-state index in [0.717, 1.165) is 51.4 Å². The first kappa shape index (κ1) is 50.8. The molecule has 0 aliphatic carbocycles. The molecular weight excluding hydrogens is 677 g/mol. The summed E-state index contributed by atoms with van der Waals surface area (Å²) in [5.74, 6) is -0.828. The van der Waals surface area contributed by atoms with Crippen LogP contribution in [0.15, 0.2) is 12.2 Å². The van der Waals surface area contributed by atoms with Gasteiger partial charge in [-0.1, -0.05) is 174 Å². The Bertz CT molecular complexity index is 871. The van der Waals surface area contributed by atoms with Gasteiger partial charge in [-0.15, -0.1) is 0 Å². The molecule has 0 aliphatic heterocycles. The van der Waals surface area contributed by atoms with Crippen molar-refractivity contribution in [3.63, 3.8) is 0 Å². The number of ether oxygens (including phenoxy) is 2. The van der Waals surface area contributed by atoms with Crippen molar-refractivity contribution in [3.05, 3.63) is 12.2 Å². The summed E-state index contributed by atoms with van der Waals surface area (Å²) in [6.07, 6.45) is 39.5. The van der Waals surface area contributed by atoms with Crippen LogP contribution in [0.25, 0.3) is 0 Å². The van der Waals surface area contributed by atoms with E-state index in [9.17, 15) is 19.0 Å². The highest BCUT2D eigenvalue weighted by Gasteiger charge is 2.26. The smallest absolute Gasteiger partial charge is 0.462 e. The van der Waals surface area contributed by atoms with Gasteiger partial charge in [-0.2, -0.15) is 0 Å². The fourth-order valence-corrected chi connectivity index (χ4v) is 6.92. The second-order valence-electron chi connectivity index (χ2n) is 14.6. The monoisotopic (exact) mass is 760 g/mol. The minimum absolute atomic E-state index is 0.0548. The number of rotatable bonds is 41. The summed E-state index contributed by atoms with van der Waals surface area (Å²) in [5, 5.41) is 0. The van der Waals surface area contributed by atoms with E-state index in [-0.39, 0.29) is 38.6 Å². The van der Waals surface area contributed by atoms with Gasteiger partial charge in [-0.3, -0.25) is 18.6 Å². The zero-order chi connectivity index (χ0) is 38.2. The van der Waals surface area contributed by atoms with Crippen LogP contribution < -0.4 is 5.73 Å². The second kappa shape index (κ2) is 39.4. The Balaban J connectivity index is 4.12. The van der Waals surface area contributed by atoms with Crippen molar-refractivity contribution in [1.29, 1.82) is 0 Å². The maximum atomic E-state index is 12.6. The van der Waals surface area contributed by atoms with Gasteiger partial charge in [0.2, 0.25) is 0 Å². The highest BCUT2D eigenvalue weighted by Crippen LogP contribution is 2.43. The zero-order valence-corrected chi connectivity index (χ0v) is 34.7. The van der Waals surface area contributed by atoms with Crippen molar-refractivity contribution in [2.75, 3.05) is 26.4 Å². The summed E-state index contributed by atoms with van der Waals surface area (Å²) < 4.78 is 32.8. The number of carbonyl (C=O) groups is 2. The van der Waals surface area contributed by atoms with Gasteiger partial charge in [0.15, 0.2) is 6.10 Å². The highest BCUT2D eigenvalue weighted by molar-refractivity contribution is 7.47. The van der Waals surface area contributed by atoms with Gasteiger partial charge in [0.1, 0.15) is 6.61 Å².